The maximum atomic E-state index is 13.0. The molecule has 0 spiro atoms. The fourth-order valence-corrected chi connectivity index (χ4v) is 17.1. The quantitative estimate of drug-likeness (QED) is 0.0288. The zero-order chi connectivity index (χ0) is 77.5. The summed E-state index contributed by atoms with van der Waals surface area (Å²) in [6.45, 7) is 17.2. The summed E-state index contributed by atoms with van der Waals surface area (Å²) in [5, 5.41) is 36.3. The van der Waals surface area contributed by atoms with Gasteiger partial charge < -0.3 is 38.6 Å². The molecule has 0 aliphatic rings. The van der Waals surface area contributed by atoms with Gasteiger partial charge in [-0.3, -0.25) is 0 Å². The number of phenols is 2. The van der Waals surface area contributed by atoms with Crippen LogP contribution in [0.15, 0.2) is 60.7 Å². The predicted octanol–water partition coefficient (Wildman–Crippen LogP) is 33.8. The van der Waals surface area contributed by atoms with Gasteiger partial charge in [-0.25, -0.2) is 0 Å². The molecule has 7 aromatic carbocycles. The Morgan fingerprint density at radius 2 is 0.355 bits per heavy atom. The lowest BCUT2D eigenvalue weighted by Gasteiger charge is -2.24. The van der Waals surface area contributed by atoms with Crippen LogP contribution < -0.4 is 28.4 Å². The fraction of sp³-hybridized carbons (Fsp3) is 0.706. The largest absolute Gasteiger partial charge is 0.507 e. The monoisotopic (exact) mass is 1520 g/mol. The molecule has 0 atom stereocenters. The summed E-state index contributed by atoms with van der Waals surface area (Å²) in [6.07, 6.45) is 74.6. The van der Waals surface area contributed by atoms with Crippen molar-refractivity contribution in [3.8, 4) is 46.0 Å². The van der Waals surface area contributed by atoms with Crippen LogP contribution in [-0.4, -0.2) is 49.9 Å². The summed E-state index contributed by atoms with van der Waals surface area (Å²) in [6, 6.07) is 21.0. The minimum atomic E-state index is 0.184. The zero-order valence-electron chi connectivity index (χ0n) is 71.8. The summed E-state index contributed by atoms with van der Waals surface area (Å²) < 4.78 is 43.4. The molecule has 8 heteroatoms. The highest BCUT2D eigenvalue weighted by Crippen LogP contribution is 2.55. The molecule has 7 rings (SSSR count). The van der Waals surface area contributed by atoms with Gasteiger partial charge in [0, 0.05) is 64.6 Å². The maximum Gasteiger partial charge on any atom is 0.169 e. The molecule has 0 unspecified atom stereocenters. The number of unbranched alkanes of at least 4 members (excludes halogenated alkanes) is 54. The molecule has 0 aromatic heterocycles. The standard InChI is InChI=1S/C102H162O8/c1-7-13-19-25-31-37-43-49-55-61-75-105-91-73-71-89(103)95-87(91)81-93(107-77-63-57-51-45-39-33-27-21-15-9-3)83-67-69-85-99(97(83)95)100-86(102(110-80-66-60-54-48-42-36-30-24-18-12-6)101(85)109-79-65-59-53-47-41-35-29-23-17-11-5)70-68-84-94(108-78-64-58-52-46-40-34-28-22-16-10-4)82-88-92(74-72-90(104)96(88)98(84)100)106-76-62-56-50-44-38-32-26-20-14-8-2/h67-74,81-82,103-104H,7-66,75-80H2,1-6H3. The Morgan fingerprint density at radius 1 is 0.173 bits per heavy atom. The Hall–Kier alpha value is -5.50. The average Bonchev–Trinajstić information content (AvgIpc) is 0.695. The Kier molecular flexibility index (Phi) is 48.6. The molecule has 0 bridgehead atoms. The highest BCUT2D eigenvalue weighted by atomic mass is 16.5. The van der Waals surface area contributed by atoms with Gasteiger partial charge in [-0.05, 0) is 99.2 Å². The van der Waals surface area contributed by atoms with Gasteiger partial charge in [-0.15, -0.1) is 0 Å². The van der Waals surface area contributed by atoms with E-state index in [0.717, 1.165) is 176 Å². The molecule has 7 aromatic rings. The molecule has 0 saturated carbocycles. The topological polar surface area (TPSA) is 95.8 Å². The van der Waals surface area contributed by atoms with Crippen LogP contribution in [0.2, 0.25) is 0 Å². The van der Waals surface area contributed by atoms with Crippen molar-refractivity contribution in [3.05, 3.63) is 60.7 Å². The Labute approximate surface area is 672 Å². The zero-order valence-corrected chi connectivity index (χ0v) is 71.8. The third-order valence-electron chi connectivity index (χ3n) is 23.8. The van der Waals surface area contributed by atoms with E-state index in [2.05, 4.69) is 77.9 Å². The van der Waals surface area contributed by atoms with Crippen LogP contribution in [0.3, 0.4) is 0 Å². The van der Waals surface area contributed by atoms with Crippen LogP contribution in [0, 0.1) is 0 Å². The molecule has 0 aliphatic carbocycles. The summed E-state index contributed by atoms with van der Waals surface area (Å²) in [5.74, 6) is 4.88. The molecule has 8 nitrogen and oxygen atoms in total. The second-order valence-electron chi connectivity index (χ2n) is 33.4. The normalized spacial score (nSPS) is 11.8. The number of aromatic hydroxyl groups is 2. The number of phenolic OH excluding ortho intramolecular Hbond substituents is 2. The lowest BCUT2D eigenvalue weighted by Crippen LogP contribution is -2.05. The van der Waals surface area contributed by atoms with E-state index < -0.39 is 0 Å². The summed E-state index contributed by atoms with van der Waals surface area (Å²) >= 11 is 0. The summed E-state index contributed by atoms with van der Waals surface area (Å²) in [4.78, 5) is 0. The van der Waals surface area contributed by atoms with Crippen LogP contribution >= 0.6 is 0 Å². The second-order valence-corrected chi connectivity index (χ2v) is 33.4. The third kappa shape index (κ3) is 32.4. The van der Waals surface area contributed by atoms with Crippen molar-refractivity contribution in [3.63, 3.8) is 0 Å². The molecular weight excluding hydrogens is 1350 g/mol. The molecule has 0 saturated heterocycles. The van der Waals surface area contributed by atoms with Crippen molar-refractivity contribution < 1.29 is 38.6 Å². The minimum Gasteiger partial charge on any atom is -0.507 e. The van der Waals surface area contributed by atoms with Crippen molar-refractivity contribution in [1.29, 1.82) is 0 Å². The first kappa shape index (κ1) is 91.7. The fourth-order valence-electron chi connectivity index (χ4n) is 17.1. The molecule has 0 amide bonds. The van der Waals surface area contributed by atoms with E-state index in [0.29, 0.717) is 39.6 Å². The van der Waals surface area contributed by atoms with E-state index >= 15 is 0 Å². The van der Waals surface area contributed by atoms with Crippen LogP contribution in [-0.2, 0) is 0 Å². The van der Waals surface area contributed by atoms with Crippen molar-refractivity contribution in [2.24, 2.45) is 0 Å². The van der Waals surface area contributed by atoms with Crippen LogP contribution in [0.25, 0.3) is 64.6 Å². The Morgan fingerprint density at radius 3 is 0.582 bits per heavy atom. The van der Waals surface area contributed by atoms with E-state index in [1.165, 1.54) is 308 Å². The lowest BCUT2D eigenvalue weighted by atomic mass is 9.87. The van der Waals surface area contributed by atoms with Gasteiger partial charge in [0.25, 0.3) is 0 Å². The van der Waals surface area contributed by atoms with Gasteiger partial charge in [-0.2, -0.15) is 0 Å². The molecule has 0 radical (unpaired) electrons. The van der Waals surface area contributed by atoms with Crippen LogP contribution in [0.5, 0.6) is 46.0 Å². The number of benzene rings is 7. The highest BCUT2D eigenvalue weighted by Gasteiger charge is 2.28. The van der Waals surface area contributed by atoms with Crippen molar-refractivity contribution in [2.75, 3.05) is 39.6 Å². The Balaban J connectivity index is 1.42. The second kappa shape index (κ2) is 58.4. The van der Waals surface area contributed by atoms with E-state index in [1.54, 1.807) is 0 Å². The predicted molar refractivity (Wildman–Crippen MR) is 479 cm³/mol. The van der Waals surface area contributed by atoms with Crippen molar-refractivity contribution in [1.82, 2.24) is 0 Å². The number of fused-ring (bicyclic) bond motifs is 11. The van der Waals surface area contributed by atoms with Gasteiger partial charge in [0.15, 0.2) is 11.5 Å². The molecular formula is C102H162O8. The van der Waals surface area contributed by atoms with E-state index in [4.69, 9.17) is 28.4 Å². The van der Waals surface area contributed by atoms with E-state index in [9.17, 15) is 10.2 Å². The minimum absolute atomic E-state index is 0.184. The SMILES string of the molecule is CCCCCCCCCCCCOc1ccc(O)c2c1cc(OCCCCCCCCCCCC)c1ccc3c(OCCCCCCCCCCCC)c(OCCCCCCCCCCCC)c4ccc5c(OCCCCCCCCCCCC)cc6c(OCCCCCCCCCCCC)ccc(O)c6c5c4c3c12. The van der Waals surface area contributed by atoms with E-state index in [-0.39, 0.29) is 11.5 Å². The van der Waals surface area contributed by atoms with Gasteiger partial charge in [0.1, 0.15) is 34.5 Å². The highest BCUT2D eigenvalue weighted by molar-refractivity contribution is 6.39. The smallest absolute Gasteiger partial charge is 0.169 e. The molecule has 2 N–H and O–H groups in total. The van der Waals surface area contributed by atoms with Crippen LogP contribution in [0.4, 0.5) is 0 Å². The van der Waals surface area contributed by atoms with Crippen LogP contribution in [0.1, 0.15) is 427 Å². The molecule has 110 heavy (non-hydrogen) atoms. The molecule has 0 fully saturated rings. The number of hydrogen-bond acceptors (Lipinski definition) is 8. The molecule has 0 aliphatic heterocycles. The number of hydrogen-bond donors (Lipinski definition) is 2. The first-order valence-corrected chi connectivity index (χ1v) is 47.4. The number of ether oxygens (including phenoxy) is 6. The van der Waals surface area contributed by atoms with Crippen molar-refractivity contribution in [2.45, 2.75) is 427 Å². The Bertz CT molecular complexity index is 3300. The van der Waals surface area contributed by atoms with Gasteiger partial charge in [0.05, 0.1) is 39.6 Å². The van der Waals surface area contributed by atoms with Gasteiger partial charge in [0.2, 0.25) is 0 Å². The summed E-state index contributed by atoms with van der Waals surface area (Å²) in [7, 11) is 0. The summed E-state index contributed by atoms with van der Waals surface area (Å²) in [5.41, 5.74) is 0. The lowest BCUT2D eigenvalue weighted by molar-refractivity contribution is 0.263. The number of rotatable bonds is 72. The third-order valence-corrected chi connectivity index (χ3v) is 23.8. The average molecular weight is 1520 g/mol. The van der Waals surface area contributed by atoms with Gasteiger partial charge >= 0.3 is 0 Å². The first-order valence-electron chi connectivity index (χ1n) is 47.4. The van der Waals surface area contributed by atoms with Gasteiger partial charge in [-0.1, -0.05) is 388 Å². The van der Waals surface area contributed by atoms with E-state index in [1.807, 2.05) is 24.3 Å². The first-order chi connectivity index (χ1) is 54.4. The maximum absolute atomic E-state index is 13.0. The van der Waals surface area contributed by atoms with Crippen molar-refractivity contribution >= 4 is 64.6 Å². The molecule has 618 valence electrons. The molecule has 0 heterocycles.